The monoisotopic (exact) mass is 507 g/mol. The molecule has 0 saturated carbocycles. The Balaban J connectivity index is 1.61. The molecule has 178 valence electrons. The number of esters is 1. The van der Waals surface area contributed by atoms with Crippen LogP contribution in [0.25, 0.3) is 0 Å². The van der Waals surface area contributed by atoms with Crippen molar-refractivity contribution in [2.45, 2.75) is 18.9 Å². The molecule has 1 aliphatic rings. The number of carbonyl (C=O) groups is 4. The number of hydrogen-bond donors (Lipinski definition) is 1. The number of hydrazine groups is 1. The maximum atomic E-state index is 12.7. The van der Waals surface area contributed by atoms with E-state index in [0.717, 1.165) is 17.1 Å². The van der Waals surface area contributed by atoms with Gasteiger partial charge in [-0.1, -0.05) is 11.6 Å². The third kappa shape index (κ3) is 6.09. The lowest BCUT2D eigenvalue weighted by Crippen LogP contribution is -2.43. The molecule has 0 spiro atoms. The highest BCUT2D eigenvalue weighted by atomic mass is 35.5. The summed E-state index contributed by atoms with van der Waals surface area (Å²) >= 11 is 11.6. The summed E-state index contributed by atoms with van der Waals surface area (Å²) in [5.41, 5.74) is 2.59. The summed E-state index contributed by atoms with van der Waals surface area (Å²) in [4.78, 5) is 60.2. The van der Waals surface area contributed by atoms with Gasteiger partial charge >= 0.3 is 5.97 Å². The molecule has 3 rings (SSSR count). The average Bonchev–Trinajstić information content (AvgIpc) is 3.19. The summed E-state index contributed by atoms with van der Waals surface area (Å²) in [7, 11) is 0. The van der Waals surface area contributed by atoms with Crippen LogP contribution in [0, 0.1) is 16.0 Å². The lowest BCUT2D eigenvalue weighted by atomic mass is 10.0. The lowest BCUT2D eigenvalue weighted by Gasteiger charge is -2.19. The van der Waals surface area contributed by atoms with Crippen LogP contribution in [0.2, 0.25) is 5.02 Å². The maximum absolute atomic E-state index is 12.7. The molecule has 1 fully saturated rings. The molecule has 1 saturated heterocycles. The van der Waals surface area contributed by atoms with E-state index in [2.05, 4.69) is 5.43 Å². The van der Waals surface area contributed by atoms with Gasteiger partial charge in [-0.3, -0.25) is 39.7 Å². The van der Waals surface area contributed by atoms with Gasteiger partial charge in [0.15, 0.2) is 6.10 Å². The summed E-state index contributed by atoms with van der Waals surface area (Å²) < 4.78 is 5.38. The number of amides is 2. The van der Waals surface area contributed by atoms with E-state index in [1.54, 1.807) is 0 Å². The summed E-state index contributed by atoms with van der Waals surface area (Å²) in [5.74, 6) is -3.24. The quantitative estimate of drug-likeness (QED) is 0.181. The molecule has 34 heavy (non-hydrogen) atoms. The number of Topliss-reactive ketones (excluding diaryl/α,β-unsaturated/α-hetero) is 1. The number of benzene rings is 2. The number of ether oxygens (including phenoxy) is 1. The molecule has 2 aromatic rings. The number of nitrogens with one attached hydrogen (secondary N) is 1. The fourth-order valence-corrected chi connectivity index (χ4v) is 3.60. The molecular formula is C22H19Cl2N3O7. The van der Waals surface area contributed by atoms with Crippen molar-refractivity contribution < 1.29 is 28.8 Å². The Kier molecular flexibility index (Phi) is 8.19. The Bertz CT molecular complexity index is 1110. The summed E-state index contributed by atoms with van der Waals surface area (Å²) in [6.07, 6.45) is -1.27. The van der Waals surface area contributed by atoms with Crippen LogP contribution in [0.3, 0.4) is 0 Å². The van der Waals surface area contributed by atoms with E-state index in [4.69, 9.17) is 27.9 Å². The van der Waals surface area contributed by atoms with Crippen LogP contribution in [-0.2, 0) is 14.3 Å². The molecule has 2 amide bonds. The topological polar surface area (TPSA) is 136 Å². The zero-order chi connectivity index (χ0) is 24.8. The number of ketones is 1. The second-order valence-electron chi connectivity index (χ2n) is 7.42. The van der Waals surface area contributed by atoms with Crippen molar-refractivity contribution in [1.82, 2.24) is 10.4 Å². The van der Waals surface area contributed by atoms with Gasteiger partial charge in [0, 0.05) is 47.0 Å². The molecule has 2 aromatic carbocycles. The predicted molar refractivity (Wildman–Crippen MR) is 121 cm³/mol. The normalized spacial score (nSPS) is 16.1. The van der Waals surface area contributed by atoms with Gasteiger partial charge in [0.25, 0.3) is 11.6 Å². The molecule has 0 aromatic heterocycles. The number of nitrogens with zero attached hydrogens (tertiary/aromatic N) is 2. The molecule has 12 heteroatoms. The number of non-ortho nitro benzene ring substituents is 1. The van der Waals surface area contributed by atoms with E-state index in [1.165, 1.54) is 36.4 Å². The third-order valence-corrected chi connectivity index (χ3v) is 5.56. The van der Waals surface area contributed by atoms with Crippen molar-refractivity contribution in [3.63, 3.8) is 0 Å². The van der Waals surface area contributed by atoms with E-state index >= 15 is 0 Å². The Hall–Kier alpha value is -3.50. The van der Waals surface area contributed by atoms with E-state index in [9.17, 15) is 29.3 Å². The molecule has 1 heterocycles. The van der Waals surface area contributed by atoms with Gasteiger partial charge in [0.05, 0.1) is 17.4 Å². The van der Waals surface area contributed by atoms with Crippen LogP contribution >= 0.6 is 23.2 Å². The van der Waals surface area contributed by atoms with E-state index in [0.29, 0.717) is 10.6 Å². The van der Waals surface area contributed by atoms with Gasteiger partial charge in [-0.05, 0) is 36.4 Å². The summed E-state index contributed by atoms with van der Waals surface area (Å²) in [6.45, 7) is -0.154. The Morgan fingerprint density at radius 2 is 1.74 bits per heavy atom. The highest BCUT2D eigenvalue weighted by Gasteiger charge is 2.38. The first-order chi connectivity index (χ1) is 16.2. The van der Waals surface area contributed by atoms with Gasteiger partial charge < -0.3 is 4.74 Å². The Labute approximate surface area is 203 Å². The molecule has 1 N–H and O–H groups in total. The first-order valence-electron chi connectivity index (χ1n) is 10.1. The fraction of sp³-hybridized carbons (Fsp3) is 0.273. The van der Waals surface area contributed by atoms with Crippen molar-refractivity contribution >= 4 is 52.5 Å². The van der Waals surface area contributed by atoms with Crippen molar-refractivity contribution in [2.75, 3.05) is 12.4 Å². The van der Waals surface area contributed by atoms with Crippen LogP contribution in [0.4, 0.5) is 5.69 Å². The van der Waals surface area contributed by atoms with Crippen LogP contribution in [0.15, 0.2) is 48.5 Å². The van der Waals surface area contributed by atoms with E-state index in [-0.39, 0.29) is 36.5 Å². The van der Waals surface area contributed by atoms with Crippen LogP contribution < -0.4 is 5.43 Å². The molecular weight excluding hydrogens is 489 g/mol. The molecule has 2 atom stereocenters. The third-order valence-electron chi connectivity index (χ3n) is 5.09. The SMILES string of the molecule is O=C(NN1C[C@@H](C(=O)O[C@@H](CCCl)C(=O)c2ccc(Cl)cc2)CC1=O)c1ccc([N+](=O)[O-])cc1. The minimum absolute atomic E-state index is 0.0678. The number of alkyl halides is 1. The zero-order valence-electron chi connectivity index (χ0n) is 17.6. The number of carbonyl (C=O) groups excluding carboxylic acids is 4. The smallest absolute Gasteiger partial charge is 0.312 e. The Morgan fingerprint density at radius 3 is 2.32 bits per heavy atom. The van der Waals surface area contributed by atoms with Crippen molar-refractivity contribution in [1.29, 1.82) is 0 Å². The maximum Gasteiger partial charge on any atom is 0.312 e. The van der Waals surface area contributed by atoms with Crippen LogP contribution in [-0.4, -0.2) is 52.0 Å². The molecule has 10 nitrogen and oxygen atoms in total. The second kappa shape index (κ2) is 11.1. The second-order valence-corrected chi connectivity index (χ2v) is 8.24. The molecule has 0 unspecified atom stereocenters. The first kappa shape index (κ1) is 25.1. The number of halogens is 2. The molecule has 0 aliphatic carbocycles. The van der Waals surface area contributed by atoms with Crippen molar-refractivity contribution in [3.05, 3.63) is 74.8 Å². The molecule has 0 radical (unpaired) electrons. The number of nitro groups is 1. The van der Waals surface area contributed by atoms with Crippen molar-refractivity contribution in [2.24, 2.45) is 5.92 Å². The zero-order valence-corrected chi connectivity index (χ0v) is 19.1. The highest BCUT2D eigenvalue weighted by molar-refractivity contribution is 6.30. The Morgan fingerprint density at radius 1 is 1.12 bits per heavy atom. The summed E-state index contributed by atoms with van der Waals surface area (Å²) in [5, 5.41) is 12.2. The number of nitro benzene ring substituents is 1. The van der Waals surface area contributed by atoms with Gasteiger partial charge in [0.2, 0.25) is 11.7 Å². The fourth-order valence-electron chi connectivity index (χ4n) is 3.27. The number of rotatable bonds is 9. The minimum Gasteiger partial charge on any atom is -0.454 e. The standard InChI is InChI=1S/C22H19Cl2N3O7/c23-10-9-18(20(29)13-1-5-16(24)6-2-13)34-22(31)15-11-19(28)26(12-15)25-21(30)14-3-7-17(8-4-14)27(32)33/h1-8,15,18H,9-12H2,(H,25,30)/t15-,18-/m0/s1. The van der Waals surface area contributed by atoms with Crippen LogP contribution in [0.5, 0.6) is 0 Å². The molecule has 1 aliphatic heterocycles. The predicted octanol–water partition coefficient (Wildman–Crippen LogP) is 3.17. The minimum atomic E-state index is -1.13. The van der Waals surface area contributed by atoms with E-state index in [1.807, 2.05) is 0 Å². The van der Waals surface area contributed by atoms with E-state index < -0.39 is 40.5 Å². The summed E-state index contributed by atoms with van der Waals surface area (Å²) in [6, 6.07) is 10.9. The van der Waals surface area contributed by atoms with Gasteiger partial charge in [-0.2, -0.15) is 0 Å². The first-order valence-corrected chi connectivity index (χ1v) is 11.0. The van der Waals surface area contributed by atoms with Crippen LogP contribution in [0.1, 0.15) is 33.6 Å². The largest absolute Gasteiger partial charge is 0.454 e. The highest BCUT2D eigenvalue weighted by Crippen LogP contribution is 2.21. The van der Waals surface area contributed by atoms with Gasteiger partial charge in [-0.25, -0.2) is 0 Å². The average molecular weight is 508 g/mol. The van der Waals surface area contributed by atoms with Crippen molar-refractivity contribution in [3.8, 4) is 0 Å². The molecule has 0 bridgehead atoms. The lowest BCUT2D eigenvalue weighted by molar-refractivity contribution is -0.384. The number of hydrogen-bond acceptors (Lipinski definition) is 7. The van der Waals surface area contributed by atoms with Gasteiger partial charge in [-0.15, -0.1) is 11.6 Å². The van der Waals surface area contributed by atoms with Gasteiger partial charge in [0.1, 0.15) is 0 Å².